The molecule has 11 heteroatoms. The SMILES string of the molecule is CC(C)(C)c1cc(Oc2ccc3c4ccccc4n(-c4cc(C(C)(C)C)ccn4)c3c2)nc(-c2cc(-c3c(F)c(F)c(F)c(F)c3F)n[nH]2)c1. The van der Waals surface area contributed by atoms with Crippen molar-refractivity contribution in [2.45, 2.75) is 52.4 Å². The van der Waals surface area contributed by atoms with Crippen LogP contribution in [0.3, 0.4) is 0 Å². The number of fused-ring (bicyclic) bond motifs is 3. The van der Waals surface area contributed by atoms with Gasteiger partial charge in [0.15, 0.2) is 23.3 Å². The average molecular weight is 682 g/mol. The van der Waals surface area contributed by atoms with Crippen molar-refractivity contribution in [1.82, 2.24) is 24.7 Å². The lowest BCUT2D eigenvalue weighted by atomic mass is 9.87. The van der Waals surface area contributed by atoms with E-state index in [0.29, 0.717) is 5.75 Å². The van der Waals surface area contributed by atoms with Crippen LogP contribution in [0.5, 0.6) is 11.6 Å². The summed E-state index contributed by atoms with van der Waals surface area (Å²) in [5.74, 6) is -8.84. The van der Waals surface area contributed by atoms with Crippen molar-refractivity contribution in [1.29, 1.82) is 0 Å². The Hall–Kier alpha value is -5.58. The van der Waals surface area contributed by atoms with Gasteiger partial charge in [-0.05, 0) is 64.4 Å². The first-order valence-corrected chi connectivity index (χ1v) is 15.9. The molecule has 4 heterocycles. The summed E-state index contributed by atoms with van der Waals surface area (Å²) in [4.78, 5) is 9.38. The van der Waals surface area contributed by atoms with Crippen molar-refractivity contribution >= 4 is 21.8 Å². The third kappa shape index (κ3) is 5.66. The van der Waals surface area contributed by atoms with Gasteiger partial charge < -0.3 is 4.74 Å². The normalized spacial score (nSPS) is 12.3. The third-order valence-electron chi connectivity index (χ3n) is 8.70. The number of nitrogens with zero attached hydrogens (tertiary/aromatic N) is 4. The highest BCUT2D eigenvalue weighted by Gasteiger charge is 2.28. The molecule has 0 fully saturated rings. The second-order valence-corrected chi connectivity index (χ2v) is 14.2. The summed E-state index contributed by atoms with van der Waals surface area (Å²) in [5, 5.41) is 8.55. The van der Waals surface area contributed by atoms with E-state index in [1.807, 2.05) is 69.4 Å². The molecule has 0 saturated carbocycles. The predicted molar refractivity (Wildman–Crippen MR) is 183 cm³/mol. The number of rotatable bonds is 5. The number of pyridine rings is 2. The van der Waals surface area contributed by atoms with Gasteiger partial charge in [-0.15, -0.1) is 0 Å². The molecule has 0 saturated heterocycles. The van der Waals surface area contributed by atoms with Gasteiger partial charge in [0.1, 0.15) is 11.6 Å². The van der Waals surface area contributed by atoms with Crippen molar-refractivity contribution in [2.75, 3.05) is 0 Å². The van der Waals surface area contributed by atoms with Gasteiger partial charge in [-0.1, -0.05) is 59.7 Å². The standard InChI is InChI=1S/C39H32F5N5O/c1-38(2,3)20-13-14-45-30(16-20)49-28-10-8-7-9-23(28)24-12-11-22(18-29(24)49)50-31-17-21(39(4,5)6)15-25(46-31)26-19-27(48-47-26)32-33(40)35(42)37(44)36(43)34(32)41/h7-19H,1-6H3,(H,47,48). The Balaban J connectivity index is 1.33. The Labute approximate surface area is 284 Å². The Morgan fingerprint density at radius 2 is 1.30 bits per heavy atom. The van der Waals surface area contributed by atoms with Crippen LogP contribution in [0.2, 0.25) is 0 Å². The molecule has 254 valence electrons. The fourth-order valence-electron chi connectivity index (χ4n) is 5.93. The lowest BCUT2D eigenvalue weighted by Crippen LogP contribution is -2.12. The van der Waals surface area contributed by atoms with Crippen molar-refractivity contribution in [3.8, 4) is 40.1 Å². The number of ether oxygens (including phenoxy) is 1. The molecule has 6 nitrogen and oxygen atoms in total. The maximum Gasteiger partial charge on any atom is 0.220 e. The molecule has 0 amide bonds. The van der Waals surface area contributed by atoms with Crippen LogP contribution in [0, 0.1) is 29.1 Å². The fourth-order valence-corrected chi connectivity index (χ4v) is 5.93. The molecular formula is C39H32F5N5O. The monoisotopic (exact) mass is 681 g/mol. The second-order valence-electron chi connectivity index (χ2n) is 14.2. The maximum atomic E-state index is 14.6. The van der Waals surface area contributed by atoms with Crippen LogP contribution in [-0.2, 0) is 10.8 Å². The van der Waals surface area contributed by atoms with Gasteiger partial charge >= 0.3 is 0 Å². The van der Waals surface area contributed by atoms with E-state index in [1.165, 1.54) is 6.07 Å². The molecule has 3 aromatic carbocycles. The van der Waals surface area contributed by atoms with E-state index in [0.717, 1.165) is 38.8 Å². The minimum atomic E-state index is -2.24. The Kier molecular flexibility index (Phi) is 7.77. The van der Waals surface area contributed by atoms with Gasteiger partial charge in [0.2, 0.25) is 11.7 Å². The first-order valence-electron chi connectivity index (χ1n) is 15.9. The summed E-state index contributed by atoms with van der Waals surface area (Å²) in [6, 6.07) is 22.7. The van der Waals surface area contributed by atoms with E-state index in [1.54, 1.807) is 12.1 Å². The van der Waals surface area contributed by atoms with Gasteiger partial charge in [-0.2, -0.15) is 5.10 Å². The second kappa shape index (κ2) is 11.8. The van der Waals surface area contributed by atoms with E-state index in [4.69, 9.17) is 9.72 Å². The lowest BCUT2D eigenvalue weighted by molar-refractivity contribution is 0.381. The summed E-state index contributed by atoms with van der Waals surface area (Å²) in [5.41, 5.74) is 2.18. The minimum absolute atomic E-state index is 0.0880. The summed E-state index contributed by atoms with van der Waals surface area (Å²) in [6.45, 7) is 12.4. The van der Waals surface area contributed by atoms with Gasteiger partial charge in [-0.3, -0.25) is 9.67 Å². The summed E-state index contributed by atoms with van der Waals surface area (Å²) >= 11 is 0. The number of halogens is 5. The van der Waals surface area contributed by atoms with E-state index in [2.05, 4.69) is 52.7 Å². The molecular weight excluding hydrogens is 649 g/mol. The minimum Gasteiger partial charge on any atom is -0.439 e. The zero-order valence-corrected chi connectivity index (χ0v) is 28.1. The van der Waals surface area contributed by atoms with Crippen LogP contribution < -0.4 is 4.74 Å². The van der Waals surface area contributed by atoms with Crippen LogP contribution in [0.4, 0.5) is 22.0 Å². The van der Waals surface area contributed by atoms with Crippen molar-refractivity contribution < 1.29 is 26.7 Å². The molecule has 50 heavy (non-hydrogen) atoms. The fraction of sp³-hybridized carbons (Fsp3) is 0.205. The molecule has 0 aliphatic carbocycles. The molecule has 4 aromatic heterocycles. The number of nitrogens with one attached hydrogen (secondary N) is 1. The highest BCUT2D eigenvalue weighted by molar-refractivity contribution is 6.09. The van der Waals surface area contributed by atoms with E-state index in [-0.39, 0.29) is 28.1 Å². The number of hydrogen-bond acceptors (Lipinski definition) is 4. The van der Waals surface area contributed by atoms with E-state index < -0.39 is 40.3 Å². The van der Waals surface area contributed by atoms with Crippen molar-refractivity contribution in [3.05, 3.63) is 119 Å². The highest BCUT2D eigenvalue weighted by Crippen LogP contribution is 2.38. The Morgan fingerprint density at radius 1 is 0.640 bits per heavy atom. The number of H-pyrrole nitrogens is 1. The van der Waals surface area contributed by atoms with Crippen LogP contribution in [-0.4, -0.2) is 24.7 Å². The number of para-hydroxylation sites is 1. The molecule has 7 rings (SSSR count). The molecule has 0 aliphatic heterocycles. The van der Waals surface area contributed by atoms with Gasteiger partial charge in [0.05, 0.1) is 33.7 Å². The molecule has 7 aromatic rings. The van der Waals surface area contributed by atoms with E-state index >= 15 is 0 Å². The summed E-state index contributed by atoms with van der Waals surface area (Å²) < 4.78 is 79.3. The largest absolute Gasteiger partial charge is 0.439 e. The van der Waals surface area contributed by atoms with Gasteiger partial charge in [-0.25, -0.2) is 31.9 Å². The topological polar surface area (TPSA) is 68.6 Å². The summed E-state index contributed by atoms with van der Waals surface area (Å²) in [7, 11) is 0. The van der Waals surface area contributed by atoms with Crippen LogP contribution >= 0.6 is 0 Å². The first kappa shape index (κ1) is 32.9. The zero-order valence-electron chi connectivity index (χ0n) is 28.1. The number of benzene rings is 3. The van der Waals surface area contributed by atoms with Crippen LogP contribution in [0.1, 0.15) is 52.7 Å². The van der Waals surface area contributed by atoms with E-state index in [9.17, 15) is 22.0 Å². The van der Waals surface area contributed by atoms with Gasteiger partial charge in [0.25, 0.3) is 0 Å². The quantitative estimate of drug-likeness (QED) is 0.112. The third-order valence-corrected chi connectivity index (χ3v) is 8.70. The first-order chi connectivity index (χ1) is 23.6. The molecule has 0 radical (unpaired) electrons. The highest BCUT2D eigenvalue weighted by atomic mass is 19.2. The maximum absolute atomic E-state index is 14.6. The smallest absolute Gasteiger partial charge is 0.220 e. The van der Waals surface area contributed by atoms with Gasteiger partial charge in [0, 0.05) is 29.1 Å². The average Bonchev–Trinajstić information content (AvgIpc) is 3.69. The molecule has 0 bridgehead atoms. The molecule has 0 unspecified atom stereocenters. The van der Waals surface area contributed by atoms with Crippen molar-refractivity contribution in [3.63, 3.8) is 0 Å². The zero-order chi connectivity index (χ0) is 35.7. The van der Waals surface area contributed by atoms with Crippen LogP contribution in [0.25, 0.3) is 50.3 Å². The predicted octanol–water partition coefficient (Wildman–Crippen LogP) is 10.7. The molecule has 0 spiro atoms. The van der Waals surface area contributed by atoms with Crippen LogP contribution in [0.15, 0.2) is 79.0 Å². The lowest BCUT2D eigenvalue weighted by Gasteiger charge is -2.20. The molecule has 1 N–H and O–H groups in total. The summed E-state index contributed by atoms with van der Waals surface area (Å²) in [6.07, 6.45) is 1.81. The molecule has 0 aliphatic rings. The van der Waals surface area contributed by atoms with Crippen molar-refractivity contribution in [2.24, 2.45) is 0 Å². The molecule has 0 atom stereocenters. The number of hydrogen-bond donors (Lipinski definition) is 1. The Morgan fingerprint density at radius 3 is 2.00 bits per heavy atom. The Bertz CT molecular complexity index is 2420. The number of aromatic nitrogens is 5. The number of aromatic amines is 1.